The zero-order valence-corrected chi connectivity index (χ0v) is 39.6. The fraction of sp³-hybridized carbons (Fsp3) is 0.962. The molecule has 0 unspecified atom stereocenters. The summed E-state index contributed by atoms with van der Waals surface area (Å²) in [5.41, 5.74) is 0. The van der Waals surface area contributed by atoms with Gasteiger partial charge in [0.1, 0.15) is 0 Å². The number of hydrogen-bond donors (Lipinski definition) is 2. The minimum absolute atomic E-state index is 0.289. The molecule has 58 heavy (non-hydrogen) atoms. The maximum absolute atomic E-state index is 11.9. The van der Waals surface area contributed by atoms with Crippen LogP contribution in [0.5, 0.6) is 0 Å². The number of hydrogen-bond acceptors (Lipinski definition) is 4. The molecular formula is C52H104N2O4. The molecule has 0 bridgehead atoms. The van der Waals surface area contributed by atoms with E-state index in [2.05, 4.69) is 24.5 Å². The molecule has 0 aliphatic carbocycles. The molecule has 0 aliphatic heterocycles. The first-order valence-corrected chi connectivity index (χ1v) is 26.5. The Morgan fingerprint density at radius 3 is 0.638 bits per heavy atom. The van der Waals surface area contributed by atoms with Crippen molar-refractivity contribution < 1.29 is 19.1 Å². The average molecular weight is 821 g/mol. The molecule has 0 saturated heterocycles. The van der Waals surface area contributed by atoms with Crippen LogP contribution in [0, 0.1) is 0 Å². The molecule has 346 valence electrons. The minimum atomic E-state index is -0.289. The number of alkyl carbamates (subject to hydrolysis) is 2. The van der Waals surface area contributed by atoms with Gasteiger partial charge in [-0.3, -0.25) is 0 Å². The Kier molecular flexibility index (Phi) is 50.4. The molecule has 0 aliphatic rings. The van der Waals surface area contributed by atoms with E-state index >= 15 is 0 Å². The van der Waals surface area contributed by atoms with Crippen LogP contribution in [-0.4, -0.2) is 38.5 Å². The van der Waals surface area contributed by atoms with Crippen LogP contribution < -0.4 is 10.6 Å². The van der Waals surface area contributed by atoms with Crippen molar-refractivity contribution in [1.29, 1.82) is 0 Å². The molecule has 2 N–H and O–H groups in total. The van der Waals surface area contributed by atoms with Crippen LogP contribution in [0.4, 0.5) is 9.59 Å². The van der Waals surface area contributed by atoms with Gasteiger partial charge >= 0.3 is 12.2 Å². The van der Waals surface area contributed by atoms with Gasteiger partial charge in [-0.05, 0) is 25.7 Å². The lowest BCUT2D eigenvalue weighted by Crippen LogP contribution is -2.26. The Bertz CT molecular complexity index is 729. The predicted molar refractivity (Wildman–Crippen MR) is 253 cm³/mol. The third-order valence-corrected chi connectivity index (χ3v) is 12.1. The van der Waals surface area contributed by atoms with Crippen LogP contribution in [0.15, 0.2) is 0 Å². The summed E-state index contributed by atoms with van der Waals surface area (Å²) < 4.78 is 10.7. The summed E-state index contributed by atoms with van der Waals surface area (Å²) in [5, 5.41) is 5.74. The summed E-state index contributed by atoms with van der Waals surface area (Å²) in [5.74, 6) is 0. The molecule has 0 aromatic rings. The summed E-state index contributed by atoms with van der Waals surface area (Å²) in [6, 6.07) is 0. The topological polar surface area (TPSA) is 76.7 Å². The monoisotopic (exact) mass is 821 g/mol. The lowest BCUT2D eigenvalue weighted by Gasteiger charge is -2.08. The highest BCUT2D eigenvalue weighted by atomic mass is 16.6. The molecule has 0 aromatic heterocycles. The summed E-state index contributed by atoms with van der Waals surface area (Å²) in [6.45, 7) is 6.92. The number of carbonyl (C=O) groups is 2. The number of ether oxygens (including phenoxy) is 2. The van der Waals surface area contributed by atoms with E-state index in [0.717, 1.165) is 51.4 Å². The second-order valence-electron chi connectivity index (χ2n) is 18.0. The lowest BCUT2D eigenvalue weighted by molar-refractivity contribution is 0.142. The zero-order chi connectivity index (χ0) is 41.9. The molecule has 6 heteroatoms. The maximum atomic E-state index is 11.9. The number of rotatable bonds is 49. The van der Waals surface area contributed by atoms with E-state index in [4.69, 9.17) is 9.47 Å². The Hall–Kier alpha value is -1.46. The maximum Gasteiger partial charge on any atom is 0.407 e. The highest BCUT2D eigenvalue weighted by molar-refractivity contribution is 5.67. The fourth-order valence-corrected chi connectivity index (χ4v) is 8.13. The first kappa shape index (κ1) is 56.5. The largest absolute Gasteiger partial charge is 0.450 e. The highest BCUT2D eigenvalue weighted by Gasteiger charge is 2.03. The van der Waals surface area contributed by atoms with Crippen molar-refractivity contribution >= 4 is 12.2 Å². The number of unbranched alkanes of at least 4 members (excludes halogenated alkanes) is 41. The van der Waals surface area contributed by atoms with Crippen molar-refractivity contribution in [2.45, 2.75) is 296 Å². The second-order valence-corrected chi connectivity index (χ2v) is 18.0. The van der Waals surface area contributed by atoms with Crippen LogP contribution in [0.2, 0.25) is 0 Å². The summed E-state index contributed by atoms with van der Waals surface area (Å²) in [7, 11) is 0. The highest BCUT2D eigenvalue weighted by Crippen LogP contribution is 2.17. The predicted octanol–water partition coefficient (Wildman–Crippen LogP) is 17.6. The van der Waals surface area contributed by atoms with Crippen molar-refractivity contribution in [3.05, 3.63) is 0 Å². The molecule has 0 radical (unpaired) electrons. The van der Waals surface area contributed by atoms with Gasteiger partial charge in [-0.1, -0.05) is 271 Å². The van der Waals surface area contributed by atoms with Crippen molar-refractivity contribution in [2.75, 3.05) is 26.3 Å². The van der Waals surface area contributed by atoms with Crippen LogP contribution in [0.3, 0.4) is 0 Å². The van der Waals surface area contributed by atoms with Crippen molar-refractivity contribution in [1.82, 2.24) is 10.6 Å². The molecular weight excluding hydrogens is 717 g/mol. The molecule has 0 heterocycles. The van der Waals surface area contributed by atoms with E-state index in [0.29, 0.717) is 26.3 Å². The molecule has 0 atom stereocenters. The van der Waals surface area contributed by atoms with Crippen LogP contribution in [0.1, 0.15) is 296 Å². The third kappa shape index (κ3) is 50.7. The summed E-state index contributed by atoms with van der Waals surface area (Å²) >= 11 is 0. The quantitative estimate of drug-likeness (QED) is 0.0599. The van der Waals surface area contributed by atoms with Gasteiger partial charge < -0.3 is 20.1 Å². The van der Waals surface area contributed by atoms with E-state index in [9.17, 15) is 9.59 Å². The van der Waals surface area contributed by atoms with E-state index in [1.54, 1.807) is 0 Å². The van der Waals surface area contributed by atoms with Gasteiger partial charge in [-0.15, -0.1) is 0 Å². The van der Waals surface area contributed by atoms with Crippen molar-refractivity contribution in [2.24, 2.45) is 0 Å². The Balaban J connectivity index is 3.22. The van der Waals surface area contributed by atoms with Crippen LogP contribution >= 0.6 is 0 Å². The second kappa shape index (κ2) is 51.7. The molecule has 0 spiro atoms. The molecule has 0 aromatic carbocycles. The smallest absolute Gasteiger partial charge is 0.407 e. The van der Waals surface area contributed by atoms with Gasteiger partial charge in [-0.2, -0.15) is 0 Å². The molecule has 0 rings (SSSR count). The first-order chi connectivity index (χ1) is 28.7. The summed E-state index contributed by atoms with van der Waals surface area (Å²) in [6.07, 6.45) is 58.1. The van der Waals surface area contributed by atoms with E-state index < -0.39 is 0 Å². The van der Waals surface area contributed by atoms with Crippen LogP contribution in [-0.2, 0) is 9.47 Å². The van der Waals surface area contributed by atoms with Crippen molar-refractivity contribution in [3.8, 4) is 0 Å². The van der Waals surface area contributed by atoms with Gasteiger partial charge in [0.2, 0.25) is 0 Å². The van der Waals surface area contributed by atoms with Gasteiger partial charge in [0.15, 0.2) is 0 Å². The van der Waals surface area contributed by atoms with Crippen molar-refractivity contribution in [3.63, 3.8) is 0 Å². The minimum Gasteiger partial charge on any atom is -0.450 e. The fourth-order valence-electron chi connectivity index (χ4n) is 8.13. The zero-order valence-electron chi connectivity index (χ0n) is 39.6. The Labute approximate surface area is 363 Å². The number of nitrogens with one attached hydrogen (secondary N) is 2. The van der Waals surface area contributed by atoms with Gasteiger partial charge in [-0.25, -0.2) is 9.59 Å². The Morgan fingerprint density at radius 2 is 0.431 bits per heavy atom. The first-order valence-electron chi connectivity index (χ1n) is 26.5. The number of carbonyl (C=O) groups excluding carboxylic acids is 2. The standard InChI is InChI=1S/C52H104N2O4/c1-3-5-7-9-11-13-15-17-19-21-23-25-27-29-31-33-35-37-41-45-49-57-51(55)53-47-43-39-40-44-48-54-52(56)58-50-46-42-38-36-34-32-30-28-26-24-22-20-18-16-14-12-10-8-6-4-2/h3-50H2,1-2H3,(H,53,55)(H,54,56). The molecule has 0 fully saturated rings. The lowest BCUT2D eigenvalue weighted by atomic mass is 10.0. The van der Waals surface area contributed by atoms with Gasteiger partial charge in [0.05, 0.1) is 13.2 Å². The van der Waals surface area contributed by atoms with E-state index in [1.807, 2.05) is 0 Å². The third-order valence-electron chi connectivity index (χ3n) is 12.1. The molecule has 0 saturated carbocycles. The normalized spacial score (nSPS) is 11.3. The average Bonchev–Trinajstić information content (AvgIpc) is 3.22. The van der Waals surface area contributed by atoms with E-state index in [1.165, 1.54) is 231 Å². The van der Waals surface area contributed by atoms with Gasteiger partial charge in [0, 0.05) is 13.1 Å². The number of amides is 2. The molecule has 6 nitrogen and oxygen atoms in total. The SMILES string of the molecule is CCCCCCCCCCCCCCCCCCCCCCOC(=O)NCCCCCCNC(=O)OCCCCCCCCCCCCCCCCCCCCCC. The van der Waals surface area contributed by atoms with Crippen LogP contribution in [0.25, 0.3) is 0 Å². The van der Waals surface area contributed by atoms with E-state index in [-0.39, 0.29) is 12.2 Å². The Morgan fingerprint density at radius 1 is 0.259 bits per heavy atom. The van der Waals surface area contributed by atoms with Gasteiger partial charge in [0.25, 0.3) is 0 Å². The molecule has 2 amide bonds. The summed E-state index contributed by atoms with van der Waals surface area (Å²) in [4.78, 5) is 23.9.